The average Bonchev–Trinajstić information content (AvgIpc) is 3.33. The second kappa shape index (κ2) is 9.38. The third kappa shape index (κ3) is 4.59. The van der Waals surface area contributed by atoms with Crippen molar-refractivity contribution in [2.45, 2.75) is 52.1 Å². The Kier molecular flexibility index (Phi) is 6.39. The fraction of sp³-hybridized carbons (Fsp3) is 0.417. The Morgan fingerprint density at radius 1 is 1.19 bits per heavy atom. The highest BCUT2D eigenvalue weighted by Crippen LogP contribution is 2.31. The topological polar surface area (TPSA) is 103 Å². The summed E-state index contributed by atoms with van der Waals surface area (Å²) >= 11 is 0. The Bertz CT molecular complexity index is 1100. The van der Waals surface area contributed by atoms with Gasteiger partial charge in [0.05, 0.1) is 23.0 Å². The van der Waals surface area contributed by atoms with Gasteiger partial charge in [-0.05, 0) is 44.4 Å². The van der Waals surface area contributed by atoms with Gasteiger partial charge in [-0.25, -0.2) is 0 Å². The fourth-order valence-electron chi connectivity index (χ4n) is 4.16. The zero-order chi connectivity index (χ0) is 22.7. The van der Waals surface area contributed by atoms with E-state index in [9.17, 15) is 9.59 Å². The molecule has 1 aromatic carbocycles. The molecule has 3 N–H and O–H groups in total. The van der Waals surface area contributed by atoms with E-state index in [2.05, 4.69) is 25.8 Å². The lowest BCUT2D eigenvalue weighted by molar-refractivity contribution is -0.131. The summed E-state index contributed by atoms with van der Waals surface area (Å²) in [4.78, 5) is 31.6. The molecule has 0 aliphatic carbocycles. The minimum absolute atomic E-state index is 0.0447. The number of carbonyl (C=O) groups excluding carboxylic acids is 2. The summed E-state index contributed by atoms with van der Waals surface area (Å²) in [6.45, 7) is 7.34. The van der Waals surface area contributed by atoms with Crippen LogP contribution in [0.2, 0.25) is 0 Å². The van der Waals surface area contributed by atoms with E-state index < -0.39 is 0 Å². The summed E-state index contributed by atoms with van der Waals surface area (Å²) < 4.78 is 0. The van der Waals surface area contributed by atoms with Crippen molar-refractivity contribution in [3.63, 3.8) is 0 Å². The molecule has 0 bridgehead atoms. The summed E-state index contributed by atoms with van der Waals surface area (Å²) in [5, 5.41) is 14.4. The molecular weight excluding hydrogens is 404 g/mol. The molecule has 1 fully saturated rings. The molecule has 8 heteroatoms. The third-order valence-corrected chi connectivity index (χ3v) is 5.86. The van der Waals surface area contributed by atoms with Crippen molar-refractivity contribution in [3.8, 4) is 11.1 Å². The lowest BCUT2D eigenvalue weighted by Crippen LogP contribution is -2.46. The van der Waals surface area contributed by atoms with Crippen LogP contribution in [0.4, 0.5) is 5.69 Å². The molecule has 32 heavy (non-hydrogen) atoms. The van der Waals surface area contributed by atoms with Crippen molar-refractivity contribution >= 4 is 28.4 Å². The zero-order valence-electron chi connectivity index (χ0n) is 18.8. The van der Waals surface area contributed by atoms with Gasteiger partial charge in [-0.15, -0.1) is 0 Å². The number of piperidine rings is 1. The molecule has 2 amide bonds. The van der Waals surface area contributed by atoms with E-state index in [1.165, 1.54) is 0 Å². The Labute approximate surface area is 187 Å². The predicted octanol–water partition coefficient (Wildman–Crippen LogP) is 3.58. The molecule has 1 aliphatic rings. The molecule has 0 radical (unpaired) electrons. The summed E-state index contributed by atoms with van der Waals surface area (Å²) in [6, 6.07) is 6.20. The van der Waals surface area contributed by atoms with Crippen LogP contribution in [0.5, 0.6) is 0 Å². The number of hydrogen-bond acceptors (Lipinski definition) is 5. The molecule has 168 valence electrons. The maximum absolute atomic E-state index is 13.3. The lowest BCUT2D eigenvalue weighted by Gasteiger charge is -2.32. The Balaban J connectivity index is 1.61. The quantitative estimate of drug-likeness (QED) is 0.550. The lowest BCUT2D eigenvalue weighted by atomic mass is 10.0. The number of carbonyl (C=O) groups is 2. The molecule has 4 rings (SSSR count). The number of aromatic amines is 1. The highest BCUT2D eigenvalue weighted by Gasteiger charge is 2.25. The standard InChI is InChI=1S/C24H30N6O2/c1-4-22(31)30-9-7-18(8-10-30)29-24(32)20-14-25-21-6-5-16(17-12-26-27-13-17)11-19(21)23(20)28-15(2)3/h5-6,11-15,18H,4,7-10H2,1-3H3,(H,25,28)(H,26,27)(H,29,32). The minimum Gasteiger partial charge on any atom is -0.382 e. The normalized spacial score (nSPS) is 14.7. The summed E-state index contributed by atoms with van der Waals surface area (Å²) in [7, 11) is 0. The number of hydrogen-bond donors (Lipinski definition) is 3. The van der Waals surface area contributed by atoms with Crippen LogP contribution in [0.3, 0.4) is 0 Å². The van der Waals surface area contributed by atoms with Crippen LogP contribution in [-0.4, -0.2) is 57.1 Å². The van der Waals surface area contributed by atoms with Gasteiger partial charge in [-0.2, -0.15) is 5.10 Å². The van der Waals surface area contributed by atoms with E-state index in [0.29, 0.717) is 25.1 Å². The number of benzene rings is 1. The van der Waals surface area contributed by atoms with E-state index >= 15 is 0 Å². The van der Waals surface area contributed by atoms with Gasteiger partial charge in [-0.3, -0.25) is 19.7 Å². The molecule has 1 aliphatic heterocycles. The summed E-state index contributed by atoms with van der Waals surface area (Å²) in [5.74, 6) is 0.0295. The largest absolute Gasteiger partial charge is 0.382 e. The Morgan fingerprint density at radius 2 is 1.97 bits per heavy atom. The molecule has 0 atom stereocenters. The van der Waals surface area contributed by atoms with Gasteiger partial charge in [-0.1, -0.05) is 13.0 Å². The second-order valence-corrected chi connectivity index (χ2v) is 8.55. The van der Waals surface area contributed by atoms with E-state index in [-0.39, 0.29) is 23.9 Å². The van der Waals surface area contributed by atoms with E-state index in [4.69, 9.17) is 0 Å². The molecular formula is C24H30N6O2. The van der Waals surface area contributed by atoms with Crippen molar-refractivity contribution in [2.75, 3.05) is 18.4 Å². The van der Waals surface area contributed by atoms with Gasteiger partial charge in [0.15, 0.2) is 0 Å². The molecule has 0 saturated carbocycles. The van der Waals surface area contributed by atoms with E-state index in [1.54, 1.807) is 12.4 Å². The third-order valence-electron chi connectivity index (χ3n) is 5.86. The number of rotatable bonds is 6. The first-order chi connectivity index (χ1) is 15.5. The van der Waals surface area contributed by atoms with Crippen LogP contribution >= 0.6 is 0 Å². The number of nitrogens with one attached hydrogen (secondary N) is 3. The van der Waals surface area contributed by atoms with Crippen molar-refractivity contribution in [1.29, 1.82) is 0 Å². The SMILES string of the molecule is CCC(=O)N1CCC(NC(=O)c2cnc3ccc(-c4cn[nH]c4)cc3c2NC(C)C)CC1. The maximum Gasteiger partial charge on any atom is 0.255 e. The van der Waals surface area contributed by atoms with Crippen LogP contribution in [0.25, 0.3) is 22.0 Å². The molecule has 3 aromatic rings. The number of H-pyrrole nitrogens is 1. The number of fused-ring (bicyclic) bond motifs is 1. The van der Waals surface area contributed by atoms with E-state index in [1.807, 2.05) is 50.1 Å². The molecule has 0 spiro atoms. The number of amides is 2. The smallest absolute Gasteiger partial charge is 0.255 e. The van der Waals surface area contributed by atoms with Crippen LogP contribution < -0.4 is 10.6 Å². The highest BCUT2D eigenvalue weighted by atomic mass is 16.2. The number of pyridine rings is 1. The first-order valence-electron chi connectivity index (χ1n) is 11.2. The van der Waals surface area contributed by atoms with Gasteiger partial charge >= 0.3 is 0 Å². The summed E-state index contributed by atoms with van der Waals surface area (Å²) in [5.41, 5.74) is 4.12. The monoisotopic (exact) mass is 434 g/mol. The van der Waals surface area contributed by atoms with Crippen LogP contribution in [-0.2, 0) is 4.79 Å². The molecule has 0 unspecified atom stereocenters. The Hall–Kier alpha value is -3.42. The average molecular weight is 435 g/mol. The van der Waals surface area contributed by atoms with Crippen molar-refractivity contribution in [3.05, 3.63) is 42.4 Å². The highest BCUT2D eigenvalue weighted by molar-refractivity contribution is 6.08. The number of likely N-dealkylation sites (tertiary alicyclic amines) is 1. The maximum atomic E-state index is 13.3. The van der Waals surface area contributed by atoms with Crippen molar-refractivity contribution in [1.82, 2.24) is 25.4 Å². The predicted molar refractivity (Wildman–Crippen MR) is 125 cm³/mol. The first kappa shape index (κ1) is 21.8. The van der Waals surface area contributed by atoms with Crippen molar-refractivity contribution < 1.29 is 9.59 Å². The minimum atomic E-state index is -0.142. The molecule has 3 heterocycles. The van der Waals surface area contributed by atoms with Crippen LogP contribution in [0, 0.1) is 0 Å². The van der Waals surface area contributed by atoms with Crippen LogP contribution in [0.1, 0.15) is 50.4 Å². The van der Waals surface area contributed by atoms with Crippen molar-refractivity contribution in [2.24, 2.45) is 0 Å². The van der Waals surface area contributed by atoms with E-state index in [0.717, 1.165) is 40.6 Å². The summed E-state index contributed by atoms with van der Waals surface area (Å²) in [6.07, 6.45) is 7.30. The molecule has 8 nitrogen and oxygen atoms in total. The van der Waals surface area contributed by atoms with Gasteiger partial charge in [0, 0.05) is 54.9 Å². The van der Waals surface area contributed by atoms with Crippen LogP contribution in [0.15, 0.2) is 36.8 Å². The van der Waals surface area contributed by atoms with Gasteiger partial charge in [0.2, 0.25) is 5.91 Å². The zero-order valence-corrected chi connectivity index (χ0v) is 18.8. The van der Waals surface area contributed by atoms with Gasteiger partial charge in [0.1, 0.15) is 0 Å². The fourth-order valence-corrected chi connectivity index (χ4v) is 4.16. The number of anilines is 1. The first-order valence-corrected chi connectivity index (χ1v) is 11.2. The number of aromatic nitrogens is 3. The Morgan fingerprint density at radius 3 is 2.62 bits per heavy atom. The van der Waals surface area contributed by atoms with Gasteiger partial charge < -0.3 is 15.5 Å². The van der Waals surface area contributed by atoms with Gasteiger partial charge in [0.25, 0.3) is 5.91 Å². The number of nitrogens with zero attached hydrogens (tertiary/aromatic N) is 3. The molecule has 1 saturated heterocycles. The second-order valence-electron chi connectivity index (χ2n) is 8.55. The molecule has 2 aromatic heterocycles.